The summed E-state index contributed by atoms with van der Waals surface area (Å²) < 4.78 is 55.6. The van der Waals surface area contributed by atoms with Gasteiger partial charge in [0.15, 0.2) is 17.4 Å². The lowest BCUT2D eigenvalue weighted by Gasteiger charge is -2.50. The maximum Gasteiger partial charge on any atom is 0.417 e. The van der Waals surface area contributed by atoms with Gasteiger partial charge in [0.1, 0.15) is 0 Å². The minimum Gasteiger partial charge on any atom is -0.505 e. The van der Waals surface area contributed by atoms with Crippen LogP contribution in [-0.4, -0.2) is 38.7 Å². The number of phenolic OH excluding ortho intramolecular Hbond substituents is 1. The summed E-state index contributed by atoms with van der Waals surface area (Å²) in [5.74, 6) is -10.4. The number of pyridine rings is 1. The van der Waals surface area contributed by atoms with Gasteiger partial charge in [0.05, 0.1) is 39.4 Å². The predicted molar refractivity (Wildman–Crippen MR) is 189 cm³/mol. The van der Waals surface area contributed by atoms with E-state index in [4.69, 9.17) is 34.8 Å². The third-order valence-corrected chi connectivity index (χ3v) is 11.8. The number of fused-ring (bicyclic) bond motifs is 4. The summed E-state index contributed by atoms with van der Waals surface area (Å²) in [6, 6.07) is 16.5. The number of nitrogens with one attached hydrogen (secondary N) is 1. The summed E-state index contributed by atoms with van der Waals surface area (Å²) in [4.78, 5) is 63.0. The van der Waals surface area contributed by atoms with Gasteiger partial charge in [0, 0.05) is 27.7 Å². The first-order chi connectivity index (χ1) is 25.6. The molecule has 0 unspecified atom stereocenters. The Balaban J connectivity index is 1.32. The number of allylic oxidation sites excluding steroid dienone is 2. The van der Waals surface area contributed by atoms with Crippen molar-refractivity contribution in [3.63, 3.8) is 0 Å². The monoisotopic (exact) mass is 798 g/mol. The summed E-state index contributed by atoms with van der Waals surface area (Å²) in [6.45, 7) is 0. The number of aromatic nitrogens is 1. The van der Waals surface area contributed by atoms with E-state index in [1.165, 1.54) is 60.7 Å². The van der Waals surface area contributed by atoms with Crippen molar-refractivity contribution in [3.05, 3.63) is 128 Å². The molecule has 0 radical (unpaired) electrons. The molecule has 3 aromatic carbocycles. The third-order valence-electron chi connectivity index (χ3n) is 11.0. The van der Waals surface area contributed by atoms with E-state index in [0.29, 0.717) is 33.6 Å². The van der Waals surface area contributed by atoms with Crippen LogP contribution >= 0.6 is 34.8 Å². The van der Waals surface area contributed by atoms with Crippen molar-refractivity contribution in [2.45, 2.75) is 30.4 Å². The zero-order valence-corrected chi connectivity index (χ0v) is 29.7. The summed E-state index contributed by atoms with van der Waals surface area (Å²) in [6.07, 6.45) is -2.69. The number of para-hydroxylation sites is 1. The highest BCUT2D eigenvalue weighted by Gasteiger charge is 2.71. The van der Waals surface area contributed by atoms with E-state index in [0.717, 1.165) is 11.0 Å². The van der Waals surface area contributed by atoms with Gasteiger partial charge in [-0.05, 0) is 72.9 Å². The van der Waals surface area contributed by atoms with E-state index in [1.54, 1.807) is 6.08 Å². The molecule has 4 aliphatic rings. The summed E-state index contributed by atoms with van der Waals surface area (Å²) in [5, 5.41) is 12.1. The molecule has 276 valence electrons. The lowest BCUT2D eigenvalue weighted by Crippen LogP contribution is -2.53. The number of alkyl halides is 3. The number of imide groups is 2. The third kappa shape index (κ3) is 5.30. The SMILES string of the molecule is O=C1[C@@H]2C[C@@H]3C(=CC[C@@H]4C(=O)N(c5ccc(Cl)cc5)C(=O)[C@@H]43)[C@H](c3cccc(F)c3O)[C@]2(c2ccc(Cl)cc2)C(=O)N1Nc1ncc(C(F)(F)F)cc1Cl. The lowest BCUT2D eigenvalue weighted by atomic mass is 9.49. The molecule has 0 spiro atoms. The van der Waals surface area contributed by atoms with E-state index in [9.17, 15) is 32.7 Å². The molecule has 0 bridgehead atoms. The molecule has 8 rings (SSSR count). The molecule has 6 atom stereocenters. The van der Waals surface area contributed by atoms with Crippen LogP contribution in [0.25, 0.3) is 0 Å². The number of aromatic hydroxyl groups is 1. The first kappa shape index (κ1) is 36.0. The lowest BCUT2D eigenvalue weighted by molar-refractivity contribution is -0.139. The molecule has 3 heterocycles. The number of phenols is 1. The van der Waals surface area contributed by atoms with Gasteiger partial charge in [-0.2, -0.15) is 18.2 Å². The van der Waals surface area contributed by atoms with Gasteiger partial charge in [0.2, 0.25) is 11.8 Å². The molecule has 2 aliphatic carbocycles. The van der Waals surface area contributed by atoms with Gasteiger partial charge in [-0.3, -0.25) is 29.5 Å². The number of amides is 4. The zero-order valence-electron chi connectivity index (χ0n) is 27.5. The van der Waals surface area contributed by atoms with E-state index in [2.05, 4.69) is 10.4 Å². The maximum absolute atomic E-state index is 15.3. The molecular weight excluding hydrogens is 775 g/mol. The molecular formula is C38H25Cl3F4N4O5. The smallest absolute Gasteiger partial charge is 0.417 e. The molecule has 3 fully saturated rings. The van der Waals surface area contributed by atoms with Gasteiger partial charge in [-0.1, -0.05) is 70.7 Å². The normalized spacial score (nSPS) is 26.4. The largest absolute Gasteiger partial charge is 0.505 e. The molecule has 1 saturated carbocycles. The molecule has 2 aliphatic heterocycles. The number of hydrogen-bond donors (Lipinski definition) is 2. The average Bonchev–Trinajstić information content (AvgIpc) is 3.51. The minimum absolute atomic E-state index is 0.0499. The number of halogens is 7. The van der Waals surface area contributed by atoms with Crippen LogP contribution in [0.4, 0.5) is 29.1 Å². The molecule has 2 N–H and O–H groups in total. The van der Waals surface area contributed by atoms with Crippen molar-refractivity contribution in [2.75, 3.05) is 10.3 Å². The van der Waals surface area contributed by atoms with Gasteiger partial charge < -0.3 is 5.11 Å². The molecule has 4 aromatic rings. The molecule has 9 nitrogen and oxygen atoms in total. The molecule has 1 aromatic heterocycles. The molecule has 54 heavy (non-hydrogen) atoms. The Morgan fingerprint density at radius 1 is 0.870 bits per heavy atom. The fourth-order valence-electron chi connectivity index (χ4n) is 8.74. The molecule has 2 saturated heterocycles. The number of rotatable bonds is 5. The van der Waals surface area contributed by atoms with Crippen molar-refractivity contribution >= 4 is 69.9 Å². The van der Waals surface area contributed by atoms with Crippen LogP contribution < -0.4 is 10.3 Å². The number of hydrogen-bond acceptors (Lipinski definition) is 7. The Kier molecular flexibility index (Phi) is 8.55. The van der Waals surface area contributed by atoms with Crippen molar-refractivity contribution < 1.29 is 41.8 Å². The van der Waals surface area contributed by atoms with Crippen molar-refractivity contribution in [1.82, 2.24) is 9.99 Å². The fraction of sp³-hybridized carbons (Fsp3) is 0.237. The first-order valence-corrected chi connectivity index (χ1v) is 17.7. The van der Waals surface area contributed by atoms with Crippen LogP contribution in [-0.2, 0) is 30.8 Å². The highest BCUT2D eigenvalue weighted by atomic mass is 35.5. The van der Waals surface area contributed by atoms with Crippen LogP contribution in [0, 0.1) is 29.5 Å². The van der Waals surface area contributed by atoms with Crippen LogP contribution in [0.15, 0.2) is 90.6 Å². The number of anilines is 2. The second-order valence-electron chi connectivity index (χ2n) is 13.6. The van der Waals surface area contributed by atoms with Gasteiger partial charge in [-0.15, -0.1) is 0 Å². The van der Waals surface area contributed by atoms with Crippen molar-refractivity contribution in [3.8, 4) is 5.75 Å². The average molecular weight is 800 g/mol. The quantitative estimate of drug-likeness (QED) is 0.119. The van der Waals surface area contributed by atoms with Crippen molar-refractivity contribution in [1.29, 1.82) is 0 Å². The summed E-state index contributed by atoms with van der Waals surface area (Å²) >= 11 is 18.5. The second-order valence-corrected chi connectivity index (χ2v) is 14.9. The highest BCUT2D eigenvalue weighted by Crippen LogP contribution is 2.65. The Labute approximate surface area is 319 Å². The van der Waals surface area contributed by atoms with Gasteiger partial charge >= 0.3 is 6.18 Å². The standard InChI is InChI=1S/C38H25Cl3F4N4O5/c39-19-6-4-17(5-7-19)37-26(34(52)49(36(37)54)47-32-27(41)14-18(16-46-32)38(43,44)45)15-25-22(30(37)24-2-1-3-28(42)31(24)50)12-13-23-29(25)35(53)48(33(23)51)21-10-8-20(40)9-11-21/h1-12,14,16,23,25-26,29-30,50H,13,15H2,(H,46,47)/t23-,25+,26-,29-,30+,37+/m0/s1. The van der Waals surface area contributed by atoms with E-state index < -0.39 is 92.8 Å². The fourth-order valence-corrected chi connectivity index (χ4v) is 9.20. The van der Waals surface area contributed by atoms with Crippen LogP contribution in [0.1, 0.15) is 35.4 Å². The van der Waals surface area contributed by atoms with E-state index in [1.807, 2.05) is 0 Å². The number of carbonyl (C=O) groups is 4. The minimum atomic E-state index is -4.79. The molecule has 16 heteroatoms. The first-order valence-electron chi connectivity index (χ1n) is 16.6. The van der Waals surface area contributed by atoms with Gasteiger partial charge in [0.25, 0.3) is 11.8 Å². The highest BCUT2D eigenvalue weighted by molar-refractivity contribution is 6.33. The second kappa shape index (κ2) is 12.8. The van der Waals surface area contributed by atoms with Crippen molar-refractivity contribution in [2.24, 2.45) is 23.7 Å². The predicted octanol–water partition coefficient (Wildman–Crippen LogP) is 8.09. The Bertz CT molecular complexity index is 2310. The zero-order chi connectivity index (χ0) is 38.4. The topological polar surface area (TPSA) is 120 Å². The molecule has 4 amide bonds. The summed E-state index contributed by atoms with van der Waals surface area (Å²) in [7, 11) is 0. The van der Waals surface area contributed by atoms with Crippen LogP contribution in [0.3, 0.4) is 0 Å². The van der Waals surface area contributed by atoms with Crippen LogP contribution in [0.2, 0.25) is 15.1 Å². The van der Waals surface area contributed by atoms with E-state index >= 15 is 9.18 Å². The Morgan fingerprint density at radius 3 is 2.19 bits per heavy atom. The maximum atomic E-state index is 15.3. The Hall–Kier alpha value is -4.98. The number of benzene rings is 3. The summed E-state index contributed by atoms with van der Waals surface area (Å²) in [5.41, 5.74) is 0.310. The van der Waals surface area contributed by atoms with E-state index in [-0.39, 0.29) is 29.0 Å². The number of nitrogens with zero attached hydrogens (tertiary/aromatic N) is 3. The van der Waals surface area contributed by atoms with Gasteiger partial charge in [-0.25, -0.2) is 9.37 Å². The number of hydrazine groups is 1. The Morgan fingerprint density at radius 2 is 1.54 bits per heavy atom. The van der Waals surface area contributed by atoms with Crippen LogP contribution in [0.5, 0.6) is 5.75 Å². The number of carbonyl (C=O) groups excluding carboxylic acids is 4.